The lowest BCUT2D eigenvalue weighted by Gasteiger charge is -2.20. The Labute approximate surface area is 242 Å². The number of thioether (sulfide) groups is 1. The Morgan fingerprint density at radius 2 is 1.68 bits per heavy atom. The fourth-order valence-electron chi connectivity index (χ4n) is 4.33. The molecule has 0 bridgehead atoms. The van der Waals surface area contributed by atoms with Gasteiger partial charge in [-0.05, 0) is 67.6 Å². The predicted octanol–water partition coefficient (Wildman–Crippen LogP) is 5.42. The van der Waals surface area contributed by atoms with Gasteiger partial charge >= 0.3 is 5.97 Å². The molecule has 2 heterocycles. The van der Waals surface area contributed by atoms with Gasteiger partial charge in [0.2, 0.25) is 5.91 Å². The number of carbonyl (C=O) groups excluding carboxylic acids is 3. The molecule has 4 aromatic rings. The van der Waals surface area contributed by atoms with Gasteiger partial charge in [-0.25, -0.2) is 9.48 Å². The van der Waals surface area contributed by atoms with Gasteiger partial charge in [0.1, 0.15) is 23.7 Å². The van der Waals surface area contributed by atoms with Gasteiger partial charge in [-0.1, -0.05) is 71.6 Å². The number of benzene rings is 3. The van der Waals surface area contributed by atoms with Crippen LogP contribution in [0.1, 0.15) is 48.0 Å². The standard InChI is InChI=1S/C31H30N4O5S/c1-31(2,3)40-29(37)26-7-5-4-6-25(26)22-12-8-21(9-13-22)17-35-18-23(33-34-35)19-39-24-14-10-20(11-15-24)16-27-28(36)32-30(38)41-27/h4-15,18,27H,16-17,19H2,1-3H3,(H,32,36,38). The molecule has 5 rings (SSSR count). The molecule has 0 spiro atoms. The Morgan fingerprint density at radius 3 is 2.37 bits per heavy atom. The van der Waals surface area contributed by atoms with Crippen molar-refractivity contribution in [1.82, 2.24) is 20.3 Å². The van der Waals surface area contributed by atoms with E-state index in [1.54, 1.807) is 10.7 Å². The predicted molar refractivity (Wildman–Crippen MR) is 156 cm³/mol. The SMILES string of the molecule is CC(C)(C)OC(=O)c1ccccc1-c1ccc(Cn2cc(COc3ccc(CC4SC(=O)NC4=O)cc3)nn2)cc1. The molecule has 9 nitrogen and oxygen atoms in total. The molecule has 1 aromatic heterocycles. The first-order valence-corrected chi connectivity index (χ1v) is 14.0. The molecule has 1 saturated heterocycles. The zero-order valence-corrected chi connectivity index (χ0v) is 23.8. The van der Waals surface area contributed by atoms with Crippen molar-refractivity contribution in [2.24, 2.45) is 0 Å². The first-order chi connectivity index (χ1) is 19.6. The molecule has 3 aromatic carbocycles. The third-order valence-corrected chi connectivity index (χ3v) is 7.22. The maximum atomic E-state index is 12.7. The topological polar surface area (TPSA) is 112 Å². The van der Waals surface area contributed by atoms with Crippen molar-refractivity contribution >= 4 is 28.9 Å². The van der Waals surface area contributed by atoms with Gasteiger partial charge in [0.05, 0.1) is 23.6 Å². The number of amides is 2. The fourth-order valence-corrected chi connectivity index (χ4v) is 5.19. The largest absolute Gasteiger partial charge is 0.487 e. The molecule has 210 valence electrons. The van der Waals surface area contributed by atoms with Crippen LogP contribution in [0.25, 0.3) is 11.1 Å². The lowest BCUT2D eigenvalue weighted by atomic mass is 9.98. The summed E-state index contributed by atoms with van der Waals surface area (Å²) in [5.41, 5.74) is 4.38. The fraction of sp³-hybridized carbons (Fsp3) is 0.258. The van der Waals surface area contributed by atoms with Crippen molar-refractivity contribution in [3.8, 4) is 16.9 Å². The van der Waals surface area contributed by atoms with Gasteiger partial charge in [-0.3, -0.25) is 14.9 Å². The molecule has 0 radical (unpaired) electrons. The third-order valence-electron chi connectivity index (χ3n) is 6.24. The van der Waals surface area contributed by atoms with Crippen LogP contribution in [0.2, 0.25) is 0 Å². The molecule has 10 heteroatoms. The molecular weight excluding hydrogens is 540 g/mol. The average molecular weight is 571 g/mol. The number of hydrogen-bond acceptors (Lipinski definition) is 8. The van der Waals surface area contributed by atoms with E-state index in [1.165, 1.54) is 0 Å². The molecule has 1 atom stereocenters. The van der Waals surface area contributed by atoms with Crippen molar-refractivity contribution in [2.75, 3.05) is 0 Å². The van der Waals surface area contributed by atoms with E-state index in [2.05, 4.69) is 15.6 Å². The normalized spacial score (nSPS) is 15.0. The minimum atomic E-state index is -0.571. The molecule has 1 fully saturated rings. The molecule has 0 saturated carbocycles. The van der Waals surface area contributed by atoms with Gasteiger partial charge in [0, 0.05) is 0 Å². The van der Waals surface area contributed by atoms with E-state index in [-0.39, 0.29) is 23.7 Å². The van der Waals surface area contributed by atoms with Crippen molar-refractivity contribution in [1.29, 1.82) is 0 Å². The van der Waals surface area contributed by atoms with Crippen LogP contribution in [0.15, 0.2) is 79.0 Å². The molecule has 2 amide bonds. The van der Waals surface area contributed by atoms with Crippen LogP contribution >= 0.6 is 11.8 Å². The van der Waals surface area contributed by atoms with Crippen LogP contribution in [0.5, 0.6) is 5.75 Å². The molecule has 0 aliphatic carbocycles. The highest BCUT2D eigenvalue weighted by molar-refractivity contribution is 8.15. The van der Waals surface area contributed by atoms with Crippen molar-refractivity contribution in [3.63, 3.8) is 0 Å². The quantitative estimate of drug-likeness (QED) is 0.266. The van der Waals surface area contributed by atoms with Crippen LogP contribution in [-0.2, 0) is 29.1 Å². The minimum absolute atomic E-state index is 0.247. The molecule has 1 unspecified atom stereocenters. The molecule has 1 aliphatic heterocycles. The summed E-state index contributed by atoms with van der Waals surface area (Å²) >= 11 is 1.02. The number of nitrogens with one attached hydrogen (secondary N) is 1. The Hall–Kier alpha value is -4.44. The zero-order valence-electron chi connectivity index (χ0n) is 23.0. The van der Waals surface area contributed by atoms with E-state index in [9.17, 15) is 14.4 Å². The van der Waals surface area contributed by atoms with Gasteiger partial charge < -0.3 is 9.47 Å². The van der Waals surface area contributed by atoms with Crippen LogP contribution < -0.4 is 10.1 Å². The summed E-state index contributed by atoms with van der Waals surface area (Å²) in [5.74, 6) is 0.0772. The van der Waals surface area contributed by atoms with Crippen molar-refractivity contribution in [3.05, 3.63) is 101 Å². The summed E-state index contributed by atoms with van der Waals surface area (Å²) in [6, 6.07) is 22.9. The van der Waals surface area contributed by atoms with E-state index in [1.807, 2.05) is 93.7 Å². The monoisotopic (exact) mass is 570 g/mol. The van der Waals surface area contributed by atoms with Gasteiger partial charge in [0.15, 0.2) is 0 Å². The van der Waals surface area contributed by atoms with E-state index in [4.69, 9.17) is 9.47 Å². The zero-order chi connectivity index (χ0) is 29.0. The summed E-state index contributed by atoms with van der Waals surface area (Å²) < 4.78 is 13.2. The van der Waals surface area contributed by atoms with Crippen LogP contribution in [0.3, 0.4) is 0 Å². The number of nitrogens with zero attached hydrogens (tertiary/aromatic N) is 3. The molecule has 1 N–H and O–H groups in total. The molecular formula is C31H30N4O5S. The molecule has 41 heavy (non-hydrogen) atoms. The maximum Gasteiger partial charge on any atom is 0.339 e. The number of rotatable bonds is 9. The number of hydrogen-bond donors (Lipinski definition) is 1. The maximum absolute atomic E-state index is 12.7. The summed E-state index contributed by atoms with van der Waals surface area (Å²) in [6.07, 6.45) is 2.32. The van der Waals surface area contributed by atoms with Crippen molar-refractivity contribution < 1.29 is 23.9 Å². The van der Waals surface area contributed by atoms with Crippen LogP contribution in [0.4, 0.5) is 4.79 Å². The summed E-state index contributed by atoms with van der Waals surface area (Å²) in [4.78, 5) is 35.9. The number of imide groups is 1. The van der Waals surface area contributed by atoms with E-state index >= 15 is 0 Å². The second-order valence-corrected chi connectivity index (χ2v) is 11.8. The second kappa shape index (κ2) is 12.0. The van der Waals surface area contributed by atoms with Gasteiger partial charge in [0.25, 0.3) is 5.24 Å². The first-order valence-electron chi connectivity index (χ1n) is 13.2. The van der Waals surface area contributed by atoms with E-state index in [0.717, 1.165) is 34.0 Å². The number of esters is 1. The number of ether oxygens (including phenoxy) is 2. The third kappa shape index (κ3) is 7.40. The average Bonchev–Trinajstić information content (AvgIpc) is 3.52. The second-order valence-electron chi connectivity index (χ2n) is 10.7. The Kier molecular flexibility index (Phi) is 8.21. The highest BCUT2D eigenvalue weighted by atomic mass is 32.2. The molecule has 1 aliphatic rings. The van der Waals surface area contributed by atoms with Gasteiger partial charge in [-0.15, -0.1) is 5.10 Å². The lowest BCUT2D eigenvalue weighted by molar-refractivity contribution is -0.118. The summed E-state index contributed by atoms with van der Waals surface area (Å²) in [6.45, 7) is 6.35. The highest BCUT2D eigenvalue weighted by Gasteiger charge is 2.31. The smallest absolute Gasteiger partial charge is 0.339 e. The Bertz CT molecular complexity index is 1560. The van der Waals surface area contributed by atoms with E-state index in [0.29, 0.717) is 30.0 Å². The van der Waals surface area contributed by atoms with Gasteiger partial charge in [-0.2, -0.15) is 0 Å². The summed E-state index contributed by atoms with van der Waals surface area (Å²) in [7, 11) is 0. The number of carbonyl (C=O) groups is 3. The van der Waals surface area contributed by atoms with Crippen molar-refractivity contribution in [2.45, 2.75) is 51.2 Å². The Morgan fingerprint density at radius 1 is 0.976 bits per heavy atom. The van der Waals surface area contributed by atoms with Crippen LogP contribution in [-0.4, -0.2) is 43.0 Å². The lowest BCUT2D eigenvalue weighted by Crippen LogP contribution is -2.25. The highest BCUT2D eigenvalue weighted by Crippen LogP contribution is 2.27. The van der Waals surface area contributed by atoms with E-state index < -0.39 is 10.9 Å². The Balaban J connectivity index is 1.16. The summed E-state index contributed by atoms with van der Waals surface area (Å²) in [5, 5.41) is 10.0. The minimum Gasteiger partial charge on any atom is -0.487 e. The van der Waals surface area contributed by atoms with Crippen LogP contribution in [0, 0.1) is 0 Å². The first kappa shape index (κ1) is 28.1. The number of aromatic nitrogens is 3.